The smallest absolute Gasteiger partial charge is 0.250 e. The van der Waals surface area contributed by atoms with Crippen LogP contribution in [0.1, 0.15) is 29.0 Å². The molecule has 0 saturated carbocycles. The summed E-state index contributed by atoms with van der Waals surface area (Å²) in [5.74, 6) is 0.262. The summed E-state index contributed by atoms with van der Waals surface area (Å²) in [6.45, 7) is 2.01. The van der Waals surface area contributed by atoms with Gasteiger partial charge < -0.3 is 29.6 Å². The van der Waals surface area contributed by atoms with E-state index in [0.717, 1.165) is 22.8 Å². The Labute approximate surface area is 227 Å². The van der Waals surface area contributed by atoms with E-state index in [1.54, 1.807) is 13.3 Å². The van der Waals surface area contributed by atoms with E-state index in [1.807, 2.05) is 42.5 Å². The summed E-state index contributed by atoms with van der Waals surface area (Å²) in [7, 11) is 3.05. The van der Waals surface area contributed by atoms with Gasteiger partial charge in [-0.2, -0.15) is 0 Å². The van der Waals surface area contributed by atoms with Gasteiger partial charge in [0.25, 0.3) is 0 Å². The number of rotatable bonds is 8. The standard InChI is InChI=1S/C29H29N5O3S/c1-19-9-11-20(12-10-19)33-16-6-8-24(33)28-27(22-7-4-5-15-30-22)32-29(38)34(28)21-13-14-25(37-3)23(17-21)31-26(35)18-36-2/h4-17,27-28H,18H2,1-3H3,(H,31,35)(H,32,38)/t27-,28-/m1/s1. The van der Waals surface area contributed by atoms with E-state index in [9.17, 15) is 4.79 Å². The molecule has 0 spiro atoms. The van der Waals surface area contributed by atoms with Crippen LogP contribution in [0.5, 0.6) is 5.75 Å². The van der Waals surface area contributed by atoms with Gasteiger partial charge in [0.15, 0.2) is 5.11 Å². The number of carbonyl (C=O) groups excluding carboxylic acids is 1. The van der Waals surface area contributed by atoms with Gasteiger partial charge in [0.05, 0.1) is 24.5 Å². The molecule has 5 rings (SSSR count). The molecule has 1 saturated heterocycles. The van der Waals surface area contributed by atoms with E-state index in [0.29, 0.717) is 16.5 Å². The van der Waals surface area contributed by atoms with Crippen LogP contribution in [0, 0.1) is 6.92 Å². The molecule has 0 unspecified atom stereocenters. The third-order valence-corrected chi connectivity index (χ3v) is 6.82. The highest BCUT2D eigenvalue weighted by atomic mass is 32.1. The number of amides is 1. The Balaban J connectivity index is 1.62. The maximum atomic E-state index is 12.3. The van der Waals surface area contributed by atoms with Crippen molar-refractivity contribution in [3.8, 4) is 11.4 Å². The van der Waals surface area contributed by atoms with E-state index in [1.165, 1.54) is 12.7 Å². The molecule has 1 aliphatic rings. The summed E-state index contributed by atoms with van der Waals surface area (Å²) in [5.41, 5.74) is 5.49. The van der Waals surface area contributed by atoms with Gasteiger partial charge in [-0.3, -0.25) is 9.78 Å². The number of benzene rings is 2. The summed E-state index contributed by atoms with van der Waals surface area (Å²) < 4.78 is 12.7. The normalized spacial score (nSPS) is 16.8. The highest BCUT2D eigenvalue weighted by molar-refractivity contribution is 7.80. The van der Waals surface area contributed by atoms with Crippen molar-refractivity contribution in [1.29, 1.82) is 0 Å². The lowest BCUT2D eigenvalue weighted by Crippen LogP contribution is -2.30. The van der Waals surface area contributed by atoms with Crippen LogP contribution in [0.4, 0.5) is 11.4 Å². The van der Waals surface area contributed by atoms with E-state index < -0.39 is 0 Å². The highest BCUT2D eigenvalue weighted by Crippen LogP contribution is 2.43. The highest BCUT2D eigenvalue weighted by Gasteiger charge is 2.42. The molecule has 0 radical (unpaired) electrons. The van der Waals surface area contributed by atoms with Crippen molar-refractivity contribution in [3.05, 3.63) is 102 Å². The Hall–Kier alpha value is -4.21. The predicted molar refractivity (Wildman–Crippen MR) is 152 cm³/mol. The molecule has 9 heteroatoms. The maximum Gasteiger partial charge on any atom is 0.250 e. The molecule has 1 fully saturated rings. The number of nitrogens with zero attached hydrogens (tertiary/aromatic N) is 3. The largest absolute Gasteiger partial charge is 0.495 e. The van der Waals surface area contributed by atoms with Crippen LogP contribution in [-0.4, -0.2) is 41.4 Å². The lowest BCUT2D eigenvalue weighted by Gasteiger charge is -2.29. The van der Waals surface area contributed by atoms with Crippen LogP contribution >= 0.6 is 12.2 Å². The molecule has 38 heavy (non-hydrogen) atoms. The number of nitrogens with one attached hydrogen (secondary N) is 2. The quantitative estimate of drug-likeness (QED) is 0.314. The molecular weight excluding hydrogens is 498 g/mol. The van der Waals surface area contributed by atoms with Crippen molar-refractivity contribution in [2.75, 3.05) is 31.0 Å². The zero-order valence-corrected chi connectivity index (χ0v) is 22.2. The minimum Gasteiger partial charge on any atom is -0.495 e. The van der Waals surface area contributed by atoms with Gasteiger partial charge in [0.2, 0.25) is 5.91 Å². The van der Waals surface area contributed by atoms with Crippen molar-refractivity contribution < 1.29 is 14.3 Å². The Kier molecular flexibility index (Phi) is 7.39. The van der Waals surface area contributed by atoms with E-state index in [-0.39, 0.29) is 24.6 Å². The van der Waals surface area contributed by atoms with Crippen molar-refractivity contribution in [3.63, 3.8) is 0 Å². The van der Waals surface area contributed by atoms with Crippen LogP contribution in [-0.2, 0) is 9.53 Å². The van der Waals surface area contributed by atoms with Crippen LogP contribution in [0.25, 0.3) is 5.69 Å². The number of methoxy groups -OCH3 is 2. The number of hydrogen-bond donors (Lipinski definition) is 2. The Morgan fingerprint density at radius 2 is 1.84 bits per heavy atom. The number of pyridine rings is 1. The molecule has 0 bridgehead atoms. The van der Waals surface area contributed by atoms with Gasteiger partial charge in [-0.05, 0) is 73.7 Å². The van der Waals surface area contributed by atoms with Gasteiger partial charge in [-0.15, -0.1) is 0 Å². The molecule has 2 atom stereocenters. The number of aromatic nitrogens is 2. The average molecular weight is 528 g/mol. The lowest BCUT2D eigenvalue weighted by atomic mass is 10.0. The Bertz CT molecular complexity index is 1440. The van der Waals surface area contributed by atoms with Crippen LogP contribution in [0.15, 0.2) is 85.2 Å². The Morgan fingerprint density at radius 1 is 1.05 bits per heavy atom. The van der Waals surface area contributed by atoms with Gasteiger partial charge in [0, 0.05) is 36.6 Å². The minimum absolute atomic E-state index is 0.0640. The Morgan fingerprint density at radius 3 is 2.55 bits per heavy atom. The fraction of sp³-hybridized carbons (Fsp3) is 0.207. The van der Waals surface area contributed by atoms with Crippen molar-refractivity contribution >= 4 is 34.6 Å². The second-order valence-corrected chi connectivity index (χ2v) is 9.39. The minimum atomic E-state index is -0.277. The molecule has 8 nitrogen and oxygen atoms in total. The molecule has 0 aliphatic carbocycles. The van der Waals surface area contributed by atoms with Crippen LogP contribution < -0.4 is 20.3 Å². The summed E-state index contributed by atoms with van der Waals surface area (Å²) in [6, 6.07) is 23.6. The van der Waals surface area contributed by atoms with E-state index >= 15 is 0 Å². The fourth-order valence-electron chi connectivity index (χ4n) is 4.77. The van der Waals surface area contributed by atoms with Gasteiger partial charge in [-0.25, -0.2) is 0 Å². The van der Waals surface area contributed by atoms with Crippen molar-refractivity contribution in [1.82, 2.24) is 14.9 Å². The van der Waals surface area contributed by atoms with Gasteiger partial charge in [0.1, 0.15) is 18.4 Å². The number of anilines is 2. The van der Waals surface area contributed by atoms with Crippen molar-refractivity contribution in [2.24, 2.45) is 0 Å². The van der Waals surface area contributed by atoms with Crippen LogP contribution in [0.2, 0.25) is 0 Å². The summed E-state index contributed by atoms with van der Waals surface area (Å²) in [5, 5.41) is 6.93. The number of hydrogen-bond acceptors (Lipinski definition) is 5. The second-order valence-electron chi connectivity index (χ2n) is 9.00. The second kappa shape index (κ2) is 11.0. The topological polar surface area (TPSA) is 80.7 Å². The molecule has 2 N–H and O–H groups in total. The third kappa shape index (κ3) is 4.98. The molecule has 4 aromatic rings. The van der Waals surface area contributed by atoms with E-state index in [2.05, 4.69) is 68.5 Å². The maximum absolute atomic E-state index is 12.3. The molecule has 194 valence electrons. The number of ether oxygens (including phenoxy) is 2. The first-order chi connectivity index (χ1) is 18.5. The molecule has 3 heterocycles. The molecule has 1 amide bonds. The third-order valence-electron chi connectivity index (χ3n) is 6.50. The zero-order valence-electron chi connectivity index (χ0n) is 21.4. The number of aryl methyl sites for hydroxylation is 1. The molecule has 1 aliphatic heterocycles. The van der Waals surface area contributed by atoms with Gasteiger partial charge in [-0.1, -0.05) is 23.8 Å². The zero-order chi connectivity index (χ0) is 26.6. The van der Waals surface area contributed by atoms with Crippen molar-refractivity contribution in [2.45, 2.75) is 19.0 Å². The molecular formula is C29H29N5O3S. The predicted octanol–water partition coefficient (Wildman–Crippen LogP) is 4.95. The van der Waals surface area contributed by atoms with E-state index in [4.69, 9.17) is 21.7 Å². The summed E-state index contributed by atoms with van der Waals surface area (Å²) in [4.78, 5) is 19.1. The summed E-state index contributed by atoms with van der Waals surface area (Å²) in [6.07, 6.45) is 3.84. The summed E-state index contributed by atoms with van der Waals surface area (Å²) >= 11 is 5.90. The SMILES string of the molecule is COCC(=O)Nc1cc(N2C(=S)N[C@H](c3ccccn3)[C@H]2c2cccn2-c2ccc(C)cc2)ccc1OC. The lowest BCUT2D eigenvalue weighted by molar-refractivity contribution is -0.119. The number of carbonyl (C=O) groups is 1. The molecule has 2 aromatic heterocycles. The van der Waals surface area contributed by atoms with Gasteiger partial charge >= 0.3 is 0 Å². The first kappa shape index (κ1) is 25.4. The molecule has 2 aromatic carbocycles. The number of thiocarbonyl (C=S) groups is 1. The first-order valence-electron chi connectivity index (χ1n) is 12.2. The first-order valence-corrected chi connectivity index (χ1v) is 12.6. The monoisotopic (exact) mass is 527 g/mol. The average Bonchev–Trinajstić information content (AvgIpc) is 3.54. The van der Waals surface area contributed by atoms with Crippen LogP contribution in [0.3, 0.4) is 0 Å². The fourth-order valence-corrected chi connectivity index (χ4v) is 5.12.